The first-order valence-corrected chi connectivity index (χ1v) is 8.17. The van der Waals surface area contributed by atoms with Gasteiger partial charge in [-0.3, -0.25) is 4.68 Å². The van der Waals surface area contributed by atoms with E-state index in [1.165, 1.54) is 0 Å². The first kappa shape index (κ1) is 17.3. The molecule has 0 aliphatic heterocycles. The van der Waals surface area contributed by atoms with E-state index in [9.17, 15) is 5.11 Å². The minimum atomic E-state index is -0.135. The van der Waals surface area contributed by atoms with Crippen molar-refractivity contribution in [2.75, 3.05) is 14.2 Å². The molecule has 0 aliphatic carbocycles. The number of halogens is 1. The summed E-state index contributed by atoms with van der Waals surface area (Å²) >= 11 is 6.28. The van der Waals surface area contributed by atoms with Crippen LogP contribution in [0.4, 0.5) is 0 Å². The highest BCUT2D eigenvalue weighted by atomic mass is 35.5. The van der Waals surface area contributed by atoms with Gasteiger partial charge >= 0.3 is 0 Å². The molecule has 6 heteroatoms. The van der Waals surface area contributed by atoms with E-state index in [1.54, 1.807) is 14.2 Å². The van der Waals surface area contributed by atoms with E-state index in [0.29, 0.717) is 28.8 Å². The molecule has 0 fully saturated rings. The van der Waals surface area contributed by atoms with Crippen LogP contribution in [0.25, 0.3) is 11.3 Å². The van der Waals surface area contributed by atoms with E-state index in [-0.39, 0.29) is 6.61 Å². The van der Waals surface area contributed by atoms with E-state index in [2.05, 4.69) is 5.10 Å². The zero-order valence-corrected chi connectivity index (χ0v) is 14.8. The molecular weight excluding hydrogens is 340 g/mol. The van der Waals surface area contributed by atoms with E-state index in [4.69, 9.17) is 21.1 Å². The fraction of sp³-hybridized carbons (Fsp3) is 0.211. The lowest BCUT2D eigenvalue weighted by Crippen LogP contribution is -2.05. The molecule has 0 amide bonds. The SMILES string of the molecule is COc1cc(OC)cc(-c2cc(CO)nn2Cc2ccccc2Cl)c1. The van der Waals surface area contributed by atoms with Gasteiger partial charge in [0.25, 0.3) is 0 Å². The summed E-state index contributed by atoms with van der Waals surface area (Å²) < 4.78 is 12.5. The average Bonchev–Trinajstić information content (AvgIpc) is 3.06. The maximum atomic E-state index is 9.49. The van der Waals surface area contributed by atoms with Crippen LogP contribution in [0.1, 0.15) is 11.3 Å². The van der Waals surface area contributed by atoms with Gasteiger partial charge < -0.3 is 14.6 Å². The van der Waals surface area contributed by atoms with Crippen LogP contribution in [0.15, 0.2) is 48.5 Å². The quantitative estimate of drug-likeness (QED) is 0.729. The Bertz CT molecular complexity index is 855. The molecule has 0 atom stereocenters. The molecule has 3 rings (SSSR count). The summed E-state index contributed by atoms with van der Waals surface area (Å²) in [7, 11) is 3.22. The van der Waals surface area contributed by atoms with Gasteiger partial charge in [0.15, 0.2) is 0 Å². The molecule has 0 unspecified atom stereocenters. The van der Waals surface area contributed by atoms with Crippen molar-refractivity contribution in [2.45, 2.75) is 13.2 Å². The van der Waals surface area contributed by atoms with Gasteiger partial charge in [-0.2, -0.15) is 5.10 Å². The largest absolute Gasteiger partial charge is 0.497 e. The third-order valence-electron chi connectivity index (χ3n) is 3.92. The van der Waals surface area contributed by atoms with Gasteiger partial charge in [0.1, 0.15) is 11.5 Å². The molecule has 0 saturated heterocycles. The third kappa shape index (κ3) is 3.78. The van der Waals surface area contributed by atoms with Gasteiger partial charge in [0, 0.05) is 16.7 Å². The lowest BCUT2D eigenvalue weighted by atomic mass is 10.1. The van der Waals surface area contributed by atoms with E-state index in [0.717, 1.165) is 16.8 Å². The second kappa shape index (κ2) is 7.59. The molecule has 0 radical (unpaired) electrons. The molecule has 5 nitrogen and oxygen atoms in total. The topological polar surface area (TPSA) is 56.5 Å². The lowest BCUT2D eigenvalue weighted by Gasteiger charge is -2.11. The van der Waals surface area contributed by atoms with Crippen molar-refractivity contribution in [3.05, 3.63) is 64.8 Å². The number of rotatable bonds is 6. The maximum Gasteiger partial charge on any atom is 0.123 e. The summed E-state index contributed by atoms with van der Waals surface area (Å²) in [6, 6.07) is 15.1. The molecule has 0 spiro atoms. The molecule has 1 heterocycles. The Balaban J connectivity index is 2.07. The van der Waals surface area contributed by atoms with Gasteiger partial charge in [-0.05, 0) is 29.8 Å². The first-order valence-electron chi connectivity index (χ1n) is 7.79. The molecule has 3 aromatic rings. The minimum Gasteiger partial charge on any atom is -0.497 e. The summed E-state index contributed by atoms with van der Waals surface area (Å²) in [6.45, 7) is 0.359. The monoisotopic (exact) mass is 358 g/mol. The second-order valence-electron chi connectivity index (χ2n) is 5.53. The highest BCUT2D eigenvalue weighted by molar-refractivity contribution is 6.31. The van der Waals surface area contributed by atoms with Gasteiger partial charge in [-0.25, -0.2) is 0 Å². The van der Waals surface area contributed by atoms with E-state index < -0.39 is 0 Å². The maximum absolute atomic E-state index is 9.49. The number of aliphatic hydroxyl groups excluding tert-OH is 1. The van der Waals surface area contributed by atoms with Crippen molar-refractivity contribution in [3.63, 3.8) is 0 Å². The summed E-state index contributed by atoms with van der Waals surface area (Å²) in [5.41, 5.74) is 3.27. The Morgan fingerprint density at radius 1 is 1.04 bits per heavy atom. The van der Waals surface area contributed by atoms with Crippen molar-refractivity contribution in [1.29, 1.82) is 0 Å². The Morgan fingerprint density at radius 2 is 1.72 bits per heavy atom. The van der Waals surface area contributed by atoms with Crippen LogP contribution in [0.2, 0.25) is 5.02 Å². The zero-order chi connectivity index (χ0) is 17.8. The minimum absolute atomic E-state index is 0.135. The Kier molecular flexibility index (Phi) is 5.26. The van der Waals surface area contributed by atoms with Gasteiger partial charge in [-0.15, -0.1) is 0 Å². The fourth-order valence-corrected chi connectivity index (χ4v) is 2.84. The van der Waals surface area contributed by atoms with Crippen LogP contribution in [-0.4, -0.2) is 29.1 Å². The van der Waals surface area contributed by atoms with Crippen LogP contribution >= 0.6 is 11.6 Å². The van der Waals surface area contributed by atoms with Crippen molar-refractivity contribution < 1.29 is 14.6 Å². The van der Waals surface area contributed by atoms with Crippen LogP contribution in [0, 0.1) is 0 Å². The number of nitrogens with zero attached hydrogens (tertiary/aromatic N) is 2. The highest BCUT2D eigenvalue weighted by Gasteiger charge is 2.13. The number of hydrogen-bond acceptors (Lipinski definition) is 4. The molecule has 1 aromatic heterocycles. The molecule has 130 valence electrons. The predicted octanol–water partition coefficient (Wildman–Crippen LogP) is 3.76. The van der Waals surface area contributed by atoms with Crippen LogP contribution in [0.3, 0.4) is 0 Å². The Labute approximate surface area is 151 Å². The predicted molar refractivity (Wildman–Crippen MR) is 97.2 cm³/mol. The molecular formula is C19H19ClN2O3. The number of benzene rings is 2. The smallest absolute Gasteiger partial charge is 0.123 e. The fourth-order valence-electron chi connectivity index (χ4n) is 2.64. The molecule has 1 N–H and O–H groups in total. The Morgan fingerprint density at radius 3 is 2.32 bits per heavy atom. The van der Waals surface area contributed by atoms with Gasteiger partial charge in [0.2, 0.25) is 0 Å². The van der Waals surface area contributed by atoms with Crippen LogP contribution < -0.4 is 9.47 Å². The standard InChI is InChI=1S/C19H19ClN2O3/c1-24-16-7-14(8-17(10-16)25-2)19-9-15(12-23)21-22(19)11-13-5-3-4-6-18(13)20/h3-10,23H,11-12H2,1-2H3. The molecule has 0 aliphatic rings. The Hall–Kier alpha value is -2.50. The van der Waals surface area contributed by atoms with Gasteiger partial charge in [-0.1, -0.05) is 29.8 Å². The van der Waals surface area contributed by atoms with Crippen molar-refractivity contribution in [2.24, 2.45) is 0 Å². The highest BCUT2D eigenvalue weighted by Crippen LogP contribution is 2.31. The normalized spacial score (nSPS) is 10.7. The van der Waals surface area contributed by atoms with Gasteiger partial charge in [0.05, 0.1) is 38.8 Å². The number of ether oxygens (including phenoxy) is 2. The van der Waals surface area contributed by atoms with Crippen LogP contribution in [-0.2, 0) is 13.2 Å². The molecule has 25 heavy (non-hydrogen) atoms. The molecule has 0 bridgehead atoms. The summed E-state index contributed by atoms with van der Waals surface area (Å²) in [6.07, 6.45) is 0. The van der Waals surface area contributed by atoms with Crippen molar-refractivity contribution in [1.82, 2.24) is 9.78 Å². The number of hydrogen-bond donors (Lipinski definition) is 1. The molecule has 0 saturated carbocycles. The van der Waals surface area contributed by atoms with Crippen molar-refractivity contribution in [3.8, 4) is 22.8 Å². The summed E-state index contributed by atoms with van der Waals surface area (Å²) in [5.74, 6) is 1.37. The van der Waals surface area contributed by atoms with Crippen LogP contribution in [0.5, 0.6) is 11.5 Å². The summed E-state index contributed by atoms with van der Waals surface area (Å²) in [5, 5.41) is 14.7. The van der Waals surface area contributed by atoms with Crippen molar-refractivity contribution >= 4 is 11.6 Å². The number of methoxy groups -OCH3 is 2. The number of aliphatic hydroxyl groups is 1. The third-order valence-corrected chi connectivity index (χ3v) is 4.29. The average molecular weight is 359 g/mol. The molecule has 2 aromatic carbocycles. The summed E-state index contributed by atoms with van der Waals surface area (Å²) in [4.78, 5) is 0. The zero-order valence-electron chi connectivity index (χ0n) is 14.1. The lowest BCUT2D eigenvalue weighted by molar-refractivity contribution is 0.275. The second-order valence-corrected chi connectivity index (χ2v) is 5.94. The van der Waals surface area contributed by atoms with E-state index in [1.807, 2.05) is 53.2 Å². The first-order chi connectivity index (χ1) is 12.1. The number of aromatic nitrogens is 2. The van der Waals surface area contributed by atoms with E-state index >= 15 is 0 Å².